The van der Waals surface area contributed by atoms with Gasteiger partial charge >= 0.3 is 0 Å². The van der Waals surface area contributed by atoms with Crippen LogP contribution < -0.4 is 0 Å². The first-order valence-corrected chi connectivity index (χ1v) is 10.2. The molecule has 0 atom stereocenters. The molecule has 0 unspecified atom stereocenters. The predicted octanol–water partition coefficient (Wildman–Crippen LogP) is 3.94. The first-order valence-electron chi connectivity index (χ1n) is 10.2. The van der Waals surface area contributed by atoms with Crippen LogP contribution in [0.15, 0.2) is 18.2 Å². The first kappa shape index (κ1) is 17.2. The second-order valence-electron chi connectivity index (χ2n) is 9.71. The highest BCUT2D eigenvalue weighted by Gasteiger charge is 2.62. The first-order chi connectivity index (χ1) is 12.8. The number of aryl methyl sites for hydroxylation is 1. The fourth-order valence-corrected chi connectivity index (χ4v) is 6.54. The Morgan fingerprint density at radius 3 is 2.26 bits per heavy atom. The lowest BCUT2D eigenvalue weighted by atomic mass is 9.53. The van der Waals surface area contributed by atoms with E-state index in [4.69, 9.17) is 0 Å². The summed E-state index contributed by atoms with van der Waals surface area (Å²) in [6, 6.07) is 4.43. The summed E-state index contributed by atoms with van der Waals surface area (Å²) in [4.78, 5) is 26.4. The average molecular weight is 370 g/mol. The fraction of sp³-hybridized carbons (Fsp3) is 0.636. The zero-order valence-corrected chi connectivity index (χ0v) is 16.2. The topological polar surface area (TPSA) is 40.6 Å². The third-order valence-corrected chi connectivity index (χ3v) is 7.56. The second kappa shape index (κ2) is 5.55. The number of nitrogens with zero attached hydrogens (tertiary/aromatic N) is 2. The maximum atomic E-state index is 13.8. The molecule has 0 radical (unpaired) electrons. The maximum absolute atomic E-state index is 13.8. The zero-order valence-electron chi connectivity index (χ0n) is 16.2. The molecule has 27 heavy (non-hydrogen) atoms. The largest absolute Gasteiger partial charge is 0.273 e. The Balaban J connectivity index is 1.50. The van der Waals surface area contributed by atoms with Gasteiger partial charge in [-0.15, -0.1) is 0 Å². The molecule has 4 saturated carbocycles. The lowest BCUT2D eigenvalue weighted by Gasteiger charge is -2.65. The Hall–Kier alpha value is -1.91. The van der Waals surface area contributed by atoms with Gasteiger partial charge in [0, 0.05) is 5.56 Å². The van der Waals surface area contributed by atoms with Gasteiger partial charge in [-0.2, -0.15) is 0 Å². The fourth-order valence-electron chi connectivity index (χ4n) is 6.54. The van der Waals surface area contributed by atoms with Gasteiger partial charge in [0.05, 0.1) is 6.04 Å². The van der Waals surface area contributed by atoms with Crippen LogP contribution in [-0.2, 0) is 4.79 Å². The molecule has 4 bridgehead atoms. The lowest BCUT2D eigenvalue weighted by Crippen LogP contribution is -2.80. The molecule has 1 heterocycles. The Morgan fingerprint density at radius 1 is 1.07 bits per heavy atom. The Labute approximate surface area is 159 Å². The molecule has 1 aromatic carbocycles. The summed E-state index contributed by atoms with van der Waals surface area (Å²) >= 11 is 0. The van der Waals surface area contributed by atoms with Crippen LogP contribution in [0.2, 0.25) is 0 Å². The third kappa shape index (κ3) is 2.33. The Kier molecular flexibility index (Phi) is 3.54. The summed E-state index contributed by atoms with van der Waals surface area (Å²) in [5.74, 6) is 1.98. The van der Waals surface area contributed by atoms with Crippen molar-refractivity contribution in [3.63, 3.8) is 0 Å². The molecule has 5 aliphatic rings. The van der Waals surface area contributed by atoms with E-state index in [1.165, 1.54) is 44.2 Å². The summed E-state index contributed by atoms with van der Waals surface area (Å²) in [7, 11) is 0. The minimum absolute atomic E-state index is 0.0300. The summed E-state index contributed by atoms with van der Waals surface area (Å²) in [5.41, 5.74) is 0.218. The van der Waals surface area contributed by atoms with Gasteiger partial charge in [0.1, 0.15) is 11.4 Å². The van der Waals surface area contributed by atoms with Crippen molar-refractivity contribution in [2.75, 3.05) is 0 Å². The molecule has 5 fully saturated rings. The van der Waals surface area contributed by atoms with Crippen LogP contribution in [0, 0.1) is 36.4 Å². The molecule has 144 valence electrons. The number of hydrogen-bond acceptors (Lipinski definition) is 2. The minimum Gasteiger partial charge on any atom is -0.270 e. The van der Waals surface area contributed by atoms with Crippen LogP contribution in [0.3, 0.4) is 0 Å². The summed E-state index contributed by atoms with van der Waals surface area (Å²) < 4.78 is 13.8. The van der Waals surface area contributed by atoms with E-state index in [1.54, 1.807) is 29.9 Å². The maximum Gasteiger partial charge on any atom is 0.273 e. The number of benzene rings is 1. The summed E-state index contributed by atoms with van der Waals surface area (Å²) in [5, 5.41) is 3.39. The molecule has 4 nitrogen and oxygen atoms in total. The van der Waals surface area contributed by atoms with Crippen molar-refractivity contribution in [2.45, 2.75) is 64.5 Å². The van der Waals surface area contributed by atoms with Crippen molar-refractivity contribution < 1.29 is 14.0 Å². The standard InChI is InChI=1S/C22H27FN2O2/c1-12-4-5-17(23)11-18(12)20(26)25-22(2,3)21(27)24(25)19-15-7-13-6-14(9-15)10-16(19)8-13/h4-5,11,13-16,19H,6-10H2,1-3H3. The van der Waals surface area contributed by atoms with Gasteiger partial charge in [0.2, 0.25) is 0 Å². The molecular weight excluding hydrogens is 343 g/mol. The molecule has 1 aromatic rings. The van der Waals surface area contributed by atoms with E-state index in [-0.39, 0.29) is 17.9 Å². The lowest BCUT2D eigenvalue weighted by molar-refractivity contribution is -0.230. The SMILES string of the molecule is Cc1ccc(F)cc1C(=O)N1N(C2C3CC4CC(C3)CC2C4)C(=O)C1(C)C. The van der Waals surface area contributed by atoms with E-state index in [0.717, 1.165) is 17.4 Å². The van der Waals surface area contributed by atoms with Crippen LogP contribution in [-0.4, -0.2) is 33.4 Å². The number of rotatable bonds is 2. The summed E-state index contributed by atoms with van der Waals surface area (Å²) in [6.07, 6.45) is 6.09. The second-order valence-corrected chi connectivity index (χ2v) is 9.71. The monoisotopic (exact) mass is 370 g/mol. The van der Waals surface area contributed by atoms with Gasteiger partial charge in [0.25, 0.3) is 11.8 Å². The zero-order chi connectivity index (χ0) is 19.1. The third-order valence-electron chi connectivity index (χ3n) is 7.56. The minimum atomic E-state index is -0.871. The van der Waals surface area contributed by atoms with E-state index in [2.05, 4.69) is 0 Å². The van der Waals surface area contributed by atoms with Crippen LogP contribution in [0.5, 0.6) is 0 Å². The van der Waals surface area contributed by atoms with Crippen molar-refractivity contribution in [1.29, 1.82) is 0 Å². The van der Waals surface area contributed by atoms with Crippen LogP contribution in [0.25, 0.3) is 0 Å². The highest BCUT2D eigenvalue weighted by Crippen LogP contribution is 2.57. The average Bonchev–Trinajstić information content (AvgIpc) is 2.61. The molecular formula is C22H27FN2O2. The molecule has 1 saturated heterocycles. The van der Waals surface area contributed by atoms with E-state index >= 15 is 0 Å². The molecule has 1 aliphatic heterocycles. The van der Waals surface area contributed by atoms with Gasteiger partial charge < -0.3 is 0 Å². The molecule has 0 N–H and O–H groups in total. The van der Waals surface area contributed by atoms with Gasteiger partial charge in [-0.05, 0) is 94.2 Å². The number of carbonyl (C=O) groups excluding carboxylic acids is 2. The van der Waals surface area contributed by atoms with Crippen molar-refractivity contribution in [2.24, 2.45) is 23.7 Å². The quantitative estimate of drug-likeness (QED) is 0.791. The van der Waals surface area contributed by atoms with Crippen molar-refractivity contribution in [3.8, 4) is 0 Å². The molecule has 6 rings (SSSR count). The highest BCUT2D eigenvalue weighted by atomic mass is 19.1. The summed E-state index contributed by atoms with van der Waals surface area (Å²) in [6.45, 7) is 5.41. The number of hydrazine groups is 1. The normalized spacial score (nSPS) is 36.1. The van der Waals surface area contributed by atoms with E-state index < -0.39 is 11.4 Å². The van der Waals surface area contributed by atoms with Gasteiger partial charge in [-0.25, -0.2) is 14.4 Å². The number of carbonyl (C=O) groups is 2. The van der Waals surface area contributed by atoms with E-state index in [0.29, 0.717) is 17.4 Å². The van der Waals surface area contributed by atoms with Gasteiger partial charge in [-0.1, -0.05) is 6.07 Å². The van der Waals surface area contributed by atoms with Crippen LogP contribution >= 0.6 is 0 Å². The molecule has 0 aromatic heterocycles. The molecule has 4 aliphatic carbocycles. The highest BCUT2D eigenvalue weighted by molar-refractivity contribution is 6.05. The molecule has 5 heteroatoms. The molecule has 2 amide bonds. The van der Waals surface area contributed by atoms with Crippen LogP contribution in [0.1, 0.15) is 61.9 Å². The van der Waals surface area contributed by atoms with Crippen molar-refractivity contribution >= 4 is 11.8 Å². The van der Waals surface area contributed by atoms with Gasteiger partial charge in [-0.3, -0.25) is 9.59 Å². The van der Waals surface area contributed by atoms with Crippen molar-refractivity contribution in [1.82, 2.24) is 10.0 Å². The number of hydrogen-bond donors (Lipinski definition) is 0. The molecule has 0 spiro atoms. The predicted molar refractivity (Wildman–Crippen MR) is 99.1 cm³/mol. The van der Waals surface area contributed by atoms with Crippen molar-refractivity contribution in [3.05, 3.63) is 35.1 Å². The Bertz CT molecular complexity index is 806. The smallest absolute Gasteiger partial charge is 0.270 e. The number of amides is 2. The van der Waals surface area contributed by atoms with E-state index in [9.17, 15) is 14.0 Å². The number of halogens is 1. The van der Waals surface area contributed by atoms with Crippen LogP contribution in [0.4, 0.5) is 4.39 Å². The Morgan fingerprint density at radius 2 is 1.67 bits per heavy atom. The van der Waals surface area contributed by atoms with E-state index in [1.807, 2.05) is 6.92 Å². The van der Waals surface area contributed by atoms with Gasteiger partial charge in [0.15, 0.2) is 0 Å².